The van der Waals surface area contributed by atoms with Gasteiger partial charge in [0, 0.05) is 18.2 Å². The van der Waals surface area contributed by atoms with Gasteiger partial charge in [0.25, 0.3) is 0 Å². The van der Waals surface area contributed by atoms with Crippen LogP contribution in [0.3, 0.4) is 0 Å². The van der Waals surface area contributed by atoms with Crippen molar-refractivity contribution in [1.82, 2.24) is 5.32 Å². The van der Waals surface area contributed by atoms with Gasteiger partial charge in [-0.05, 0) is 56.5 Å². The van der Waals surface area contributed by atoms with Gasteiger partial charge in [-0.2, -0.15) is 0 Å². The van der Waals surface area contributed by atoms with Crippen molar-refractivity contribution >= 4 is 11.6 Å². The summed E-state index contributed by atoms with van der Waals surface area (Å²) in [6.07, 6.45) is 3.51. The number of nitrogens with one attached hydrogen (secondary N) is 2. The van der Waals surface area contributed by atoms with E-state index in [-0.39, 0.29) is 5.91 Å². The first-order valence-electron chi connectivity index (χ1n) is 7.48. The maximum atomic E-state index is 11.3. The topological polar surface area (TPSA) is 50.4 Å². The van der Waals surface area contributed by atoms with Crippen LogP contribution in [0.1, 0.15) is 38.7 Å². The Kier molecular flexibility index (Phi) is 5.41. The van der Waals surface area contributed by atoms with Crippen molar-refractivity contribution in [2.75, 3.05) is 18.5 Å². The molecule has 4 nitrogen and oxygen atoms in total. The Morgan fingerprint density at radius 2 is 2.25 bits per heavy atom. The molecule has 0 radical (unpaired) electrons. The molecule has 110 valence electrons. The predicted molar refractivity (Wildman–Crippen MR) is 81.3 cm³/mol. The van der Waals surface area contributed by atoms with Crippen LogP contribution in [0.25, 0.3) is 0 Å². The number of ether oxygens (including phenoxy) is 1. The van der Waals surface area contributed by atoms with Gasteiger partial charge in [-0.25, -0.2) is 0 Å². The fraction of sp³-hybridized carbons (Fsp3) is 0.562. The third-order valence-corrected chi connectivity index (χ3v) is 3.53. The number of benzene rings is 1. The minimum absolute atomic E-state index is 0.0991. The van der Waals surface area contributed by atoms with Crippen LogP contribution < -0.4 is 15.4 Å². The standard InChI is InChI=1S/C16H24N2O2/c1-3-9-17-12(2)8-10-20-14-5-6-15-13(11-14)4-7-16(19)18-15/h5-6,11-12,17H,3-4,7-10H2,1-2H3,(H,18,19). The van der Waals surface area contributed by atoms with E-state index in [1.54, 1.807) is 0 Å². The maximum absolute atomic E-state index is 11.3. The summed E-state index contributed by atoms with van der Waals surface area (Å²) >= 11 is 0. The minimum Gasteiger partial charge on any atom is -0.494 e. The van der Waals surface area contributed by atoms with Crippen molar-refractivity contribution in [3.8, 4) is 5.75 Å². The Morgan fingerprint density at radius 3 is 3.05 bits per heavy atom. The molecule has 1 aromatic rings. The SMILES string of the molecule is CCCNC(C)CCOc1ccc2c(c1)CCC(=O)N2. The van der Waals surface area contributed by atoms with E-state index in [0.29, 0.717) is 19.1 Å². The average Bonchev–Trinajstić information content (AvgIpc) is 2.45. The predicted octanol–water partition coefficient (Wildman–Crippen LogP) is 2.73. The van der Waals surface area contributed by atoms with Crippen LogP contribution in [-0.4, -0.2) is 25.1 Å². The summed E-state index contributed by atoms with van der Waals surface area (Å²) in [7, 11) is 0. The summed E-state index contributed by atoms with van der Waals surface area (Å²) in [6.45, 7) is 6.12. The smallest absolute Gasteiger partial charge is 0.224 e. The highest BCUT2D eigenvalue weighted by Gasteiger charge is 2.15. The lowest BCUT2D eigenvalue weighted by Gasteiger charge is -2.18. The van der Waals surface area contributed by atoms with E-state index < -0.39 is 0 Å². The van der Waals surface area contributed by atoms with Crippen LogP contribution in [0.5, 0.6) is 5.75 Å². The molecule has 0 saturated heterocycles. The van der Waals surface area contributed by atoms with E-state index in [1.165, 1.54) is 5.56 Å². The van der Waals surface area contributed by atoms with Gasteiger partial charge in [0.15, 0.2) is 0 Å². The zero-order valence-corrected chi connectivity index (χ0v) is 12.4. The number of carbonyl (C=O) groups excluding carboxylic acids is 1. The highest BCUT2D eigenvalue weighted by atomic mass is 16.5. The summed E-state index contributed by atoms with van der Waals surface area (Å²) in [4.78, 5) is 11.3. The number of carbonyl (C=O) groups is 1. The third kappa shape index (κ3) is 4.23. The fourth-order valence-electron chi connectivity index (χ4n) is 2.30. The van der Waals surface area contributed by atoms with Gasteiger partial charge in [-0.15, -0.1) is 0 Å². The molecule has 2 rings (SSSR count). The number of hydrogen-bond acceptors (Lipinski definition) is 3. The number of amides is 1. The van der Waals surface area contributed by atoms with Crippen molar-refractivity contribution < 1.29 is 9.53 Å². The molecule has 0 spiro atoms. The molecular weight excluding hydrogens is 252 g/mol. The molecule has 0 aliphatic carbocycles. The van der Waals surface area contributed by atoms with Gasteiger partial charge in [0.1, 0.15) is 5.75 Å². The molecule has 1 amide bonds. The number of anilines is 1. The largest absolute Gasteiger partial charge is 0.494 e. The lowest BCUT2D eigenvalue weighted by Crippen LogP contribution is -2.28. The first-order valence-corrected chi connectivity index (χ1v) is 7.48. The van der Waals surface area contributed by atoms with Crippen molar-refractivity contribution in [2.24, 2.45) is 0 Å². The van der Waals surface area contributed by atoms with Crippen LogP contribution >= 0.6 is 0 Å². The molecule has 1 unspecified atom stereocenters. The van der Waals surface area contributed by atoms with Crippen LogP contribution in [0, 0.1) is 0 Å². The number of rotatable bonds is 7. The second kappa shape index (κ2) is 7.29. The Morgan fingerprint density at radius 1 is 1.40 bits per heavy atom. The third-order valence-electron chi connectivity index (χ3n) is 3.53. The maximum Gasteiger partial charge on any atom is 0.224 e. The van der Waals surface area contributed by atoms with Crippen molar-refractivity contribution in [3.05, 3.63) is 23.8 Å². The second-order valence-corrected chi connectivity index (χ2v) is 5.36. The van der Waals surface area contributed by atoms with Gasteiger partial charge in [0.2, 0.25) is 5.91 Å². The molecule has 1 aliphatic heterocycles. The molecule has 1 aliphatic rings. The fourth-order valence-corrected chi connectivity index (χ4v) is 2.30. The van der Waals surface area contributed by atoms with Crippen molar-refractivity contribution in [3.63, 3.8) is 0 Å². The summed E-state index contributed by atoms with van der Waals surface area (Å²) in [5.74, 6) is 0.990. The minimum atomic E-state index is 0.0991. The molecule has 1 heterocycles. The molecule has 20 heavy (non-hydrogen) atoms. The highest BCUT2D eigenvalue weighted by molar-refractivity contribution is 5.93. The van der Waals surface area contributed by atoms with E-state index in [1.807, 2.05) is 18.2 Å². The average molecular weight is 276 g/mol. The van der Waals surface area contributed by atoms with Gasteiger partial charge in [0.05, 0.1) is 6.61 Å². The van der Waals surface area contributed by atoms with Crippen LogP contribution in [0.2, 0.25) is 0 Å². The normalized spacial score (nSPS) is 15.4. The van der Waals surface area contributed by atoms with Gasteiger partial charge < -0.3 is 15.4 Å². The van der Waals surface area contributed by atoms with Crippen molar-refractivity contribution in [1.29, 1.82) is 0 Å². The van der Waals surface area contributed by atoms with E-state index in [2.05, 4.69) is 24.5 Å². The van der Waals surface area contributed by atoms with Crippen molar-refractivity contribution in [2.45, 2.75) is 45.6 Å². The monoisotopic (exact) mass is 276 g/mol. The zero-order chi connectivity index (χ0) is 14.4. The summed E-state index contributed by atoms with van der Waals surface area (Å²) in [5.41, 5.74) is 2.09. The summed E-state index contributed by atoms with van der Waals surface area (Å²) in [5, 5.41) is 6.33. The Hall–Kier alpha value is -1.55. The van der Waals surface area contributed by atoms with E-state index in [0.717, 1.165) is 37.2 Å². The van der Waals surface area contributed by atoms with Gasteiger partial charge in [-0.3, -0.25) is 4.79 Å². The first-order chi connectivity index (χ1) is 9.69. The van der Waals surface area contributed by atoms with E-state index in [4.69, 9.17) is 4.74 Å². The molecule has 0 fully saturated rings. The van der Waals surface area contributed by atoms with E-state index in [9.17, 15) is 4.79 Å². The van der Waals surface area contributed by atoms with Gasteiger partial charge in [-0.1, -0.05) is 6.92 Å². The summed E-state index contributed by atoms with van der Waals surface area (Å²) in [6, 6.07) is 6.38. The second-order valence-electron chi connectivity index (χ2n) is 5.36. The quantitative estimate of drug-likeness (QED) is 0.805. The van der Waals surface area contributed by atoms with Gasteiger partial charge >= 0.3 is 0 Å². The number of aryl methyl sites for hydroxylation is 1. The molecule has 0 aromatic heterocycles. The van der Waals surface area contributed by atoms with E-state index >= 15 is 0 Å². The molecule has 1 atom stereocenters. The Balaban J connectivity index is 1.80. The molecule has 1 aromatic carbocycles. The summed E-state index contributed by atoms with van der Waals surface area (Å²) < 4.78 is 5.80. The highest BCUT2D eigenvalue weighted by Crippen LogP contribution is 2.26. The zero-order valence-electron chi connectivity index (χ0n) is 12.4. The number of fused-ring (bicyclic) bond motifs is 1. The molecule has 4 heteroatoms. The molecule has 0 bridgehead atoms. The molecule has 2 N–H and O–H groups in total. The van der Waals surface area contributed by atoms with Crippen LogP contribution in [0.15, 0.2) is 18.2 Å². The molecular formula is C16H24N2O2. The Bertz CT molecular complexity index is 460. The lowest BCUT2D eigenvalue weighted by molar-refractivity contribution is -0.116. The van der Waals surface area contributed by atoms with Crippen LogP contribution in [-0.2, 0) is 11.2 Å². The number of hydrogen-bond donors (Lipinski definition) is 2. The molecule has 0 saturated carbocycles. The Labute approximate surface area is 120 Å². The lowest BCUT2D eigenvalue weighted by atomic mass is 10.0. The van der Waals surface area contributed by atoms with Crippen LogP contribution in [0.4, 0.5) is 5.69 Å². The first kappa shape index (κ1) is 14.9.